The summed E-state index contributed by atoms with van der Waals surface area (Å²) in [7, 11) is 0. The molecule has 1 fully saturated rings. The molecule has 0 saturated heterocycles. The third-order valence-corrected chi connectivity index (χ3v) is 3.35. The molecule has 0 heterocycles. The first-order chi connectivity index (χ1) is 7.17. The van der Waals surface area contributed by atoms with Crippen molar-refractivity contribution >= 4 is 5.91 Å². The lowest BCUT2D eigenvalue weighted by molar-refractivity contribution is -0.119. The second kappa shape index (κ2) is 6.08. The van der Waals surface area contributed by atoms with Crippen LogP contribution >= 0.6 is 0 Å². The number of nitrogens with zero attached hydrogens (tertiary/aromatic N) is 1. The van der Waals surface area contributed by atoms with Gasteiger partial charge in [-0.05, 0) is 25.3 Å². The number of primary amides is 1. The number of hydrogen-bond donors (Lipinski definition) is 2. The lowest BCUT2D eigenvalue weighted by Crippen LogP contribution is -2.46. The molecule has 0 aromatic carbocycles. The second-order valence-electron chi connectivity index (χ2n) is 4.44. The largest absolute Gasteiger partial charge is 0.370 e. The monoisotopic (exact) mass is 213 g/mol. The van der Waals surface area contributed by atoms with Crippen LogP contribution in [-0.2, 0) is 4.79 Å². The van der Waals surface area contributed by atoms with Crippen LogP contribution in [0.5, 0.6) is 0 Å². The van der Waals surface area contributed by atoms with Crippen LogP contribution in [0, 0.1) is 5.92 Å². The summed E-state index contributed by atoms with van der Waals surface area (Å²) in [6.07, 6.45) is 4.39. The van der Waals surface area contributed by atoms with E-state index in [0.29, 0.717) is 13.0 Å². The van der Waals surface area contributed by atoms with Crippen molar-refractivity contribution in [3.8, 4) is 0 Å². The number of rotatable bonds is 7. The van der Waals surface area contributed by atoms with Crippen molar-refractivity contribution in [1.29, 1.82) is 0 Å². The summed E-state index contributed by atoms with van der Waals surface area (Å²) in [4.78, 5) is 13.2. The lowest BCUT2D eigenvalue weighted by Gasteiger charge is -2.35. The highest BCUT2D eigenvalue weighted by Crippen LogP contribution is 2.27. The molecule has 1 amide bonds. The molecule has 1 aliphatic carbocycles. The minimum atomic E-state index is -0.252. The fourth-order valence-corrected chi connectivity index (χ4v) is 2.14. The molecule has 0 spiro atoms. The molecule has 4 nitrogen and oxygen atoms in total. The molecule has 0 bridgehead atoms. The van der Waals surface area contributed by atoms with E-state index >= 15 is 0 Å². The van der Waals surface area contributed by atoms with Crippen molar-refractivity contribution in [2.45, 2.75) is 38.6 Å². The van der Waals surface area contributed by atoms with Gasteiger partial charge in [0.25, 0.3) is 0 Å². The average molecular weight is 213 g/mol. The molecule has 88 valence electrons. The van der Waals surface area contributed by atoms with E-state index in [0.717, 1.165) is 19.0 Å². The molecular formula is C11H23N3O. The number of carbonyl (C=O) groups excluding carboxylic acids is 1. The van der Waals surface area contributed by atoms with Gasteiger partial charge >= 0.3 is 0 Å². The Bertz CT molecular complexity index is 204. The van der Waals surface area contributed by atoms with Crippen molar-refractivity contribution < 1.29 is 4.79 Å². The molecule has 1 rings (SSSR count). The van der Waals surface area contributed by atoms with Crippen LogP contribution in [0.3, 0.4) is 0 Å². The number of amides is 1. The number of hydrogen-bond acceptors (Lipinski definition) is 3. The highest BCUT2D eigenvalue weighted by molar-refractivity contribution is 5.74. The zero-order valence-corrected chi connectivity index (χ0v) is 9.61. The van der Waals surface area contributed by atoms with Gasteiger partial charge in [0.2, 0.25) is 5.91 Å². The molecule has 1 atom stereocenters. The highest BCUT2D eigenvalue weighted by atomic mass is 16.1. The van der Waals surface area contributed by atoms with E-state index in [2.05, 4.69) is 11.8 Å². The quantitative estimate of drug-likeness (QED) is 0.639. The first kappa shape index (κ1) is 12.5. The minimum absolute atomic E-state index is 0.132. The Labute approximate surface area is 92.0 Å². The Hall–Kier alpha value is -0.610. The molecule has 0 radical (unpaired) electrons. The topological polar surface area (TPSA) is 72.3 Å². The summed E-state index contributed by atoms with van der Waals surface area (Å²) in [5.74, 6) is 0.560. The van der Waals surface area contributed by atoms with Gasteiger partial charge in [-0.2, -0.15) is 0 Å². The van der Waals surface area contributed by atoms with Gasteiger partial charge in [0, 0.05) is 25.6 Å². The molecule has 4 N–H and O–H groups in total. The second-order valence-corrected chi connectivity index (χ2v) is 4.44. The van der Waals surface area contributed by atoms with Gasteiger partial charge in [0.05, 0.1) is 0 Å². The fourth-order valence-electron chi connectivity index (χ4n) is 2.14. The predicted octanol–water partition coefficient (Wildman–Crippen LogP) is 0.311. The maximum absolute atomic E-state index is 10.9. The zero-order chi connectivity index (χ0) is 11.3. The van der Waals surface area contributed by atoms with E-state index in [1.165, 1.54) is 19.3 Å². The molecule has 0 aromatic heterocycles. The molecule has 1 saturated carbocycles. The van der Waals surface area contributed by atoms with Crippen molar-refractivity contribution in [3.63, 3.8) is 0 Å². The summed E-state index contributed by atoms with van der Waals surface area (Å²) < 4.78 is 0. The first-order valence-corrected chi connectivity index (χ1v) is 5.89. The molecular weight excluding hydrogens is 190 g/mol. The fraction of sp³-hybridized carbons (Fsp3) is 0.909. The Balaban J connectivity index is 2.40. The minimum Gasteiger partial charge on any atom is -0.370 e. The van der Waals surface area contributed by atoms with Crippen LogP contribution < -0.4 is 11.5 Å². The number of nitrogens with two attached hydrogens (primary N) is 2. The van der Waals surface area contributed by atoms with Gasteiger partial charge in [-0.3, -0.25) is 9.69 Å². The van der Waals surface area contributed by atoms with Gasteiger partial charge in [-0.15, -0.1) is 0 Å². The third-order valence-electron chi connectivity index (χ3n) is 3.35. The summed E-state index contributed by atoms with van der Waals surface area (Å²) in [5, 5.41) is 0. The summed E-state index contributed by atoms with van der Waals surface area (Å²) in [6, 6.07) is 0.132. The highest BCUT2D eigenvalue weighted by Gasteiger charge is 2.24. The molecule has 1 aliphatic rings. The van der Waals surface area contributed by atoms with Crippen LogP contribution in [0.15, 0.2) is 0 Å². The maximum Gasteiger partial charge on any atom is 0.219 e. The molecule has 15 heavy (non-hydrogen) atoms. The van der Waals surface area contributed by atoms with Gasteiger partial charge in [-0.1, -0.05) is 13.3 Å². The molecule has 0 aromatic rings. The van der Waals surface area contributed by atoms with Crippen LogP contribution in [-0.4, -0.2) is 36.5 Å². The van der Waals surface area contributed by atoms with Gasteiger partial charge in [0.15, 0.2) is 0 Å². The summed E-state index contributed by atoms with van der Waals surface area (Å²) in [5.41, 5.74) is 10.9. The molecule has 0 aliphatic heterocycles. The van der Waals surface area contributed by atoms with Gasteiger partial charge < -0.3 is 11.5 Å². The molecule has 4 heteroatoms. The van der Waals surface area contributed by atoms with Crippen LogP contribution in [0.2, 0.25) is 0 Å². The predicted molar refractivity (Wildman–Crippen MR) is 61.2 cm³/mol. The van der Waals surface area contributed by atoms with E-state index in [1.807, 2.05) is 0 Å². The van der Waals surface area contributed by atoms with E-state index in [1.54, 1.807) is 0 Å². The Morgan fingerprint density at radius 1 is 1.53 bits per heavy atom. The van der Waals surface area contributed by atoms with Crippen molar-refractivity contribution in [2.75, 3.05) is 19.6 Å². The standard InChI is InChI=1S/C11H23N3O/c1-2-14(8-9-4-3-5-9)10(7-12)6-11(13)15/h9-10H,2-8,12H2,1H3,(H2,13,15). The Morgan fingerprint density at radius 3 is 2.53 bits per heavy atom. The van der Waals surface area contributed by atoms with Crippen LogP contribution in [0.1, 0.15) is 32.6 Å². The summed E-state index contributed by atoms with van der Waals surface area (Å²) in [6.45, 7) is 4.66. The Kier molecular flexibility index (Phi) is 5.05. The summed E-state index contributed by atoms with van der Waals surface area (Å²) >= 11 is 0. The maximum atomic E-state index is 10.9. The van der Waals surface area contributed by atoms with E-state index in [-0.39, 0.29) is 11.9 Å². The Morgan fingerprint density at radius 2 is 2.20 bits per heavy atom. The van der Waals surface area contributed by atoms with E-state index in [9.17, 15) is 4.79 Å². The van der Waals surface area contributed by atoms with Crippen molar-refractivity contribution in [2.24, 2.45) is 17.4 Å². The number of likely N-dealkylation sites (N-methyl/N-ethyl adjacent to an activating group) is 1. The van der Waals surface area contributed by atoms with Gasteiger partial charge in [0.1, 0.15) is 0 Å². The van der Waals surface area contributed by atoms with Crippen molar-refractivity contribution in [3.05, 3.63) is 0 Å². The zero-order valence-electron chi connectivity index (χ0n) is 9.61. The normalized spacial score (nSPS) is 18.9. The third kappa shape index (κ3) is 3.80. The SMILES string of the molecule is CCN(CC1CCC1)C(CN)CC(N)=O. The van der Waals surface area contributed by atoms with E-state index in [4.69, 9.17) is 11.5 Å². The smallest absolute Gasteiger partial charge is 0.219 e. The number of carbonyl (C=O) groups is 1. The van der Waals surface area contributed by atoms with Gasteiger partial charge in [-0.25, -0.2) is 0 Å². The van der Waals surface area contributed by atoms with Crippen LogP contribution in [0.4, 0.5) is 0 Å². The van der Waals surface area contributed by atoms with Crippen molar-refractivity contribution in [1.82, 2.24) is 4.90 Å². The van der Waals surface area contributed by atoms with E-state index < -0.39 is 0 Å². The molecule has 1 unspecified atom stereocenters. The lowest BCUT2D eigenvalue weighted by atomic mass is 9.84. The average Bonchev–Trinajstić information content (AvgIpc) is 2.13. The van der Waals surface area contributed by atoms with Crippen LogP contribution in [0.25, 0.3) is 0 Å². The first-order valence-electron chi connectivity index (χ1n) is 5.89.